The van der Waals surface area contributed by atoms with E-state index in [9.17, 15) is 9.59 Å². The molecule has 0 heterocycles. The minimum absolute atomic E-state index is 0.100. The Morgan fingerprint density at radius 3 is 2.36 bits per heavy atom. The number of carbonyl (C=O) groups is 2. The van der Waals surface area contributed by atoms with Gasteiger partial charge in [0.25, 0.3) is 0 Å². The first kappa shape index (κ1) is 17.0. The third kappa shape index (κ3) is 3.69. The Balaban J connectivity index is 2.14. The second-order valence-electron chi connectivity index (χ2n) is 6.02. The number of hydrogen-bond acceptors (Lipinski definition) is 2. The SMILES string of the molecule is CN(CCCC(=O)O)C(=O)C1(c2ccc(Br)cc2)CCCC1. The zero-order valence-electron chi connectivity index (χ0n) is 12.8. The van der Waals surface area contributed by atoms with Gasteiger partial charge in [0, 0.05) is 24.5 Å². The van der Waals surface area contributed by atoms with Gasteiger partial charge in [-0.2, -0.15) is 0 Å². The number of hydrogen-bond donors (Lipinski definition) is 1. The van der Waals surface area contributed by atoms with Crippen molar-refractivity contribution in [2.45, 2.75) is 43.9 Å². The maximum atomic E-state index is 13.0. The van der Waals surface area contributed by atoms with Gasteiger partial charge in [-0.1, -0.05) is 40.9 Å². The number of carboxylic acid groups (broad SMARTS) is 1. The quantitative estimate of drug-likeness (QED) is 0.835. The fourth-order valence-corrected chi connectivity index (χ4v) is 3.57. The van der Waals surface area contributed by atoms with Crippen molar-refractivity contribution in [2.75, 3.05) is 13.6 Å². The molecule has 120 valence electrons. The van der Waals surface area contributed by atoms with Crippen LogP contribution in [0.3, 0.4) is 0 Å². The van der Waals surface area contributed by atoms with Crippen LogP contribution in [0.25, 0.3) is 0 Å². The standard InChI is InChI=1S/C17H22BrNO3/c1-19(12-4-5-15(20)21)16(22)17(10-2-3-11-17)13-6-8-14(18)9-7-13/h6-9H,2-5,10-12H2,1H3,(H,20,21). The van der Waals surface area contributed by atoms with Gasteiger partial charge >= 0.3 is 5.97 Å². The van der Waals surface area contributed by atoms with Crippen LogP contribution in [-0.4, -0.2) is 35.5 Å². The molecule has 0 aromatic heterocycles. The summed E-state index contributed by atoms with van der Waals surface area (Å²) >= 11 is 3.43. The highest BCUT2D eigenvalue weighted by Crippen LogP contribution is 2.42. The van der Waals surface area contributed by atoms with Crippen molar-refractivity contribution in [3.63, 3.8) is 0 Å². The van der Waals surface area contributed by atoms with E-state index in [1.807, 2.05) is 24.3 Å². The van der Waals surface area contributed by atoms with Crippen molar-refractivity contribution in [2.24, 2.45) is 0 Å². The molecule has 1 N–H and O–H groups in total. The monoisotopic (exact) mass is 367 g/mol. The number of aliphatic carboxylic acids is 1. The van der Waals surface area contributed by atoms with Gasteiger partial charge < -0.3 is 10.0 Å². The topological polar surface area (TPSA) is 57.6 Å². The van der Waals surface area contributed by atoms with Crippen molar-refractivity contribution in [1.82, 2.24) is 4.90 Å². The van der Waals surface area contributed by atoms with Gasteiger partial charge in [-0.05, 0) is 37.0 Å². The molecular weight excluding hydrogens is 346 g/mol. The zero-order valence-corrected chi connectivity index (χ0v) is 14.4. The normalized spacial score (nSPS) is 16.5. The predicted octanol–water partition coefficient (Wildman–Crippen LogP) is 3.58. The molecule has 22 heavy (non-hydrogen) atoms. The number of nitrogens with zero attached hydrogens (tertiary/aromatic N) is 1. The van der Waals surface area contributed by atoms with Crippen molar-refractivity contribution < 1.29 is 14.7 Å². The van der Waals surface area contributed by atoms with Crippen LogP contribution in [0.15, 0.2) is 28.7 Å². The van der Waals surface area contributed by atoms with Gasteiger partial charge in [0.1, 0.15) is 0 Å². The molecule has 2 rings (SSSR count). The lowest BCUT2D eigenvalue weighted by Crippen LogP contribution is -2.44. The Hall–Kier alpha value is -1.36. The minimum atomic E-state index is -0.815. The summed E-state index contributed by atoms with van der Waals surface area (Å²) in [6.07, 6.45) is 4.46. The first-order chi connectivity index (χ1) is 10.5. The summed E-state index contributed by atoms with van der Waals surface area (Å²) in [7, 11) is 1.78. The summed E-state index contributed by atoms with van der Waals surface area (Å²) in [5.41, 5.74) is 0.641. The van der Waals surface area contributed by atoms with Gasteiger partial charge in [-0.3, -0.25) is 9.59 Å². The van der Waals surface area contributed by atoms with Crippen LogP contribution in [0.1, 0.15) is 44.1 Å². The second-order valence-corrected chi connectivity index (χ2v) is 6.94. The van der Waals surface area contributed by atoms with Gasteiger partial charge in [0.15, 0.2) is 0 Å². The molecule has 1 fully saturated rings. The van der Waals surface area contributed by atoms with E-state index in [2.05, 4.69) is 15.9 Å². The molecule has 0 spiro atoms. The average Bonchev–Trinajstić information content (AvgIpc) is 2.97. The number of rotatable bonds is 6. The van der Waals surface area contributed by atoms with E-state index in [-0.39, 0.29) is 12.3 Å². The summed E-state index contributed by atoms with van der Waals surface area (Å²) in [6, 6.07) is 8.01. The van der Waals surface area contributed by atoms with Gasteiger partial charge in [0.05, 0.1) is 5.41 Å². The van der Waals surface area contributed by atoms with Crippen LogP contribution in [0.2, 0.25) is 0 Å². The molecule has 0 saturated heterocycles. The lowest BCUT2D eigenvalue weighted by molar-refractivity contribution is -0.139. The molecule has 5 heteroatoms. The van der Waals surface area contributed by atoms with E-state index in [1.165, 1.54) is 0 Å². The number of carbonyl (C=O) groups excluding carboxylic acids is 1. The van der Waals surface area contributed by atoms with Crippen LogP contribution < -0.4 is 0 Å². The molecule has 1 aliphatic rings. The fraction of sp³-hybridized carbons (Fsp3) is 0.529. The van der Waals surface area contributed by atoms with Gasteiger partial charge in [-0.25, -0.2) is 0 Å². The Morgan fingerprint density at radius 2 is 1.82 bits per heavy atom. The van der Waals surface area contributed by atoms with Crippen LogP contribution >= 0.6 is 15.9 Å². The van der Waals surface area contributed by atoms with Crippen LogP contribution in [-0.2, 0) is 15.0 Å². The summed E-state index contributed by atoms with van der Waals surface area (Å²) in [6.45, 7) is 0.489. The summed E-state index contributed by atoms with van der Waals surface area (Å²) in [5, 5.41) is 8.72. The molecule has 1 aromatic carbocycles. The molecule has 1 aromatic rings. The first-order valence-electron chi connectivity index (χ1n) is 7.69. The van der Waals surface area contributed by atoms with Crippen LogP contribution in [0.4, 0.5) is 0 Å². The third-order valence-electron chi connectivity index (χ3n) is 4.49. The number of carboxylic acids is 1. The third-order valence-corrected chi connectivity index (χ3v) is 5.02. The Morgan fingerprint density at radius 1 is 1.23 bits per heavy atom. The lowest BCUT2D eigenvalue weighted by atomic mass is 9.77. The molecular formula is C17H22BrNO3. The van der Waals surface area contributed by atoms with E-state index in [4.69, 9.17) is 5.11 Å². The number of halogens is 1. The number of likely N-dealkylation sites (N-methyl/N-ethyl adjacent to an activating group) is 1. The van der Waals surface area contributed by atoms with Crippen molar-refractivity contribution in [3.05, 3.63) is 34.3 Å². The Bertz CT molecular complexity index is 535. The number of benzene rings is 1. The van der Waals surface area contributed by atoms with Crippen molar-refractivity contribution in [3.8, 4) is 0 Å². The molecule has 1 amide bonds. The first-order valence-corrected chi connectivity index (χ1v) is 8.48. The van der Waals surface area contributed by atoms with Crippen molar-refractivity contribution >= 4 is 27.8 Å². The van der Waals surface area contributed by atoms with E-state index >= 15 is 0 Å². The van der Waals surface area contributed by atoms with Gasteiger partial charge in [0.2, 0.25) is 5.91 Å². The van der Waals surface area contributed by atoms with Gasteiger partial charge in [-0.15, -0.1) is 0 Å². The van der Waals surface area contributed by atoms with E-state index in [1.54, 1.807) is 11.9 Å². The molecule has 0 aliphatic heterocycles. The highest BCUT2D eigenvalue weighted by Gasteiger charge is 2.43. The van der Waals surface area contributed by atoms with Crippen molar-refractivity contribution in [1.29, 1.82) is 0 Å². The highest BCUT2D eigenvalue weighted by atomic mass is 79.9. The lowest BCUT2D eigenvalue weighted by Gasteiger charge is -2.33. The molecule has 0 radical (unpaired) electrons. The molecule has 0 bridgehead atoms. The Kier molecular flexibility index (Phi) is 5.62. The largest absolute Gasteiger partial charge is 0.481 e. The molecule has 1 saturated carbocycles. The molecule has 1 aliphatic carbocycles. The Labute approximate surface area is 139 Å². The summed E-state index contributed by atoms with van der Waals surface area (Å²) in [5.74, 6) is -0.693. The zero-order chi connectivity index (χ0) is 16.2. The highest BCUT2D eigenvalue weighted by molar-refractivity contribution is 9.10. The van der Waals surface area contributed by atoms with E-state index in [0.29, 0.717) is 13.0 Å². The maximum Gasteiger partial charge on any atom is 0.303 e. The van der Waals surface area contributed by atoms with E-state index in [0.717, 1.165) is 35.7 Å². The predicted molar refractivity (Wildman–Crippen MR) is 88.8 cm³/mol. The average molecular weight is 368 g/mol. The maximum absolute atomic E-state index is 13.0. The number of amides is 1. The summed E-state index contributed by atoms with van der Waals surface area (Å²) < 4.78 is 1.01. The summed E-state index contributed by atoms with van der Waals surface area (Å²) in [4.78, 5) is 25.3. The molecule has 0 atom stereocenters. The molecule has 0 unspecified atom stereocenters. The fourth-order valence-electron chi connectivity index (χ4n) is 3.31. The molecule has 4 nitrogen and oxygen atoms in total. The smallest absolute Gasteiger partial charge is 0.303 e. The second kappa shape index (κ2) is 7.27. The minimum Gasteiger partial charge on any atom is -0.481 e. The van der Waals surface area contributed by atoms with E-state index < -0.39 is 11.4 Å². The van der Waals surface area contributed by atoms with Crippen LogP contribution in [0.5, 0.6) is 0 Å². The van der Waals surface area contributed by atoms with Crippen LogP contribution in [0, 0.1) is 0 Å².